The van der Waals surface area contributed by atoms with Crippen LogP contribution in [0, 0.1) is 0 Å². The van der Waals surface area contributed by atoms with Crippen LogP contribution in [0.4, 0.5) is 0 Å². The molecule has 4 heteroatoms. The van der Waals surface area contributed by atoms with Crippen molar-refractivity contribution < 1.29 is 0 Å². The van der Waals surface area contributed by atoms with Crippen molar-refractivity contribution in [3.05, 3.63) is 30.5 Å². The predicted molar refractivity (Wildman–Crippen MR) is 41.0 cm³/mol. The van der Waals surface area contributed by atoms with Crippen LogP contribution in [0.15, 0.2) is 29.9 Å². The van der Waals surface area contributed by atoms with Gasteiger partial charge in [0.05, 0.1) is 24.4 Å². The van der Waals surface area contributed by atoms with Crippen LogP contribution in [-0.4, -0.2) is 15.3 Å². The molecule has 0 amide bonds. The Morgan fingerprint density at radius 1 is 1.45 bits per heavy atom. The van der Waals surface area contributed by atoms with Crippen LogP contribution in [-0.2, 0) is 7.05 Å². The Bertz CT molecular complexity index is 321. The monoisotopic (exact) mass is 147 g/mol. The van der Waals surface area contributed by atoms with Crippen molar-refractivity contribution in [2.45, 2.75) is 0 Å². The molecule has 4 nitrogen and oxygen atoms in total. The van der Waals surface area contributed by atoms with E-state index in [4.69, 9.17) is 0 Å². The first-order valence-corrected chi connectivity index (χ1v) is 3.29. The van der Waals surface area contributed by atoms with E-state index in [0.717, 1.165) is 11.4 Å². The van der Waals surface area contributed by atoms with Gasteiger partial charge in [0.1, 0.15) is 5.71 Å². The zero-order chi connectivity index (χ0) is 7.68. The van der Waals surface area contributed by atoms with Crippen LogP contribution < -0.4 is 5.43 Å². The molecule has 1 radical (unpaired) electrons. The van der Waals surface area contributed by atoms with E-state index in [9.17, 15) is 0 Å². The van der Waals surface area contributed by atoms with Crippen molar-refractivity contribution in [2.24, 2.45) is 12.1 Å². The summed E-state index contributed by atoms with van der Waals surface area (Å²) in [4.78, 5) is 3.97. The molecule has 11 heavy (non-hydrogen) atoms. The van der Waals surface area contributed by atoms with Crippen molar-refractivity contribution in [2.75, 3.05) is 0 Å². The minimum atomic E-state index is 0.866. The van der Waals surface area contributed by atoms with Gasteiger partial charge in [-0.1, -0.05) is 0 Å². The normalized spacial score (nSPS) is 14.8. The fourth-order valence-electron chi connectivity index (χ4n) is 0.973. The first kappa shape index (κ1) is 6.15. The third kappa shape index (κ3) is 0.920. The summed E-state index contributed by atoms with van der Waals surface area (Å²) >= 11 is 0. The zero-order valence-corrected chi connectivity index (χ0v) is 6.10. The number of allylic oxidation sites excluding steroid dienone is 1. The molecule has 2 rings (SSSR count). The number of rotatable bonds is 1. The number of nitrogens with zero attached hydrogens (tertiary/aromatic N) is 4. The number of hydrogen-bond acceptors (Lipinski definition) is 2. The second kappa shape index (κ2) is 2.23. The van der Waals surface area contributed by atoms with Gasteiger partial charge in [-0.25, -0.2) is 4.98 Å². The Hall–Kier alpha value is -1.58. The second-order valence-electron chi connectivity index (χ2n) is 2.31. The molecule has 0 saturated carbocycles. The highest BCUT2D eigenvalue weighted by atomic mass is 15.3. The summed E-state index contributed by atoms with van der Waals surface area (Å²) in [5.41, 5.74) is 5.58. The van der Waals surface area contributed by atoms with E-state index in [0.29, 0.717) is 0 Å². The molecule has 0 spiro atoms. The highest BCUT2D eigenvalue weighted by molar-refractivity contribution is 6.08. The maximum Gasteiger partial charge on any atom is 0.113 e. The van der Waals surface area contributed by atoms with Crippen LogP contribution in [0.1, 0.15) is 5.69 Å². The average Bonchev–Trinajstić information content (AvgIpc) is 2.55. The molecule has 0 aromatic carbocycles. The van der Waals surface area contributed by atoms with E-state index in [1.165, 1.54) is 0 Å². The van der Waals surface area contributed by atoms with Gasteiger partial charge in [-0.2, -0.15) is 5.43 Å². The molecule has 0 bridgehead atoms. The summed E-state index contributed by atoms with van der Waals surface area (Å²) in [6.07, 6.45) is 7.04. The van der Waals surface area contributed by atoms with E-state index in [1.54, 1.807) is 18.7 Å². The summed E-state index contributed by atoms with van der Waals surface area (Å²) in [7, 11) is 1.93. The van der Waals surface area contributed by atoms with Gasteiger partial charge in [0, 0.05) is 7.05 Å². The SMILES string of the molecule is Cn1cncc1C1=N[N]C=C1. The molecule has 0 aliphatic carbocycles. The lowest BCUT2D eigenvalue weighted by Gasteiger charge is -1.95. The van der Waals surface area contributed by atoms with Crippen LogP contribution in [0.3, 0.4) is 0 Å². The lowest BCUT2D eigenvalue weighted by atomic mass is 10.3. The van der Waals surface area contributed by atoms with Gasteiger partial charge in [-0.15, -0.1) is 5.10 Å². The molecule has 0 atom stereocenters. The maximum absolute atomic E-state index is 3.97. The highest BCUT2D eigenvalue weighted by Crippen LogP contribution is 2.03. The van der Waals surface area contributed by atoms with Gasteiger partial charge in [0.2, 0.25) is 0 Å². The number of hydrogen-bond donors (Lipinski definition) is 0. The molecule has 55 valence electrons. The minimum absolute atomic E-state index is 0.866. The summed E-state index contributed by atoms with van der Waals surface area (Å²) in [6, 6.07) is 0. The molecule has 1 aromatic heterocycles. The van der Waals surface area contributed by atoms with Crippen molar-refractivity contribution >= 4 is 5.71 Å². The van der Waals surface area contributed by atoms with Gasteiger partial charge in [-0.05, 0) is 6.08 Å². The van der Waals surface area contributed by atoms with Crippen LogP contribution >= 0.6 is 0 Å². The molecule has 1 aromatic rings. The molecule has 0 saturated heterocycles. The van der Waals surface area contributed by atoms with Gasteiger partial charge < -0.3 is 4.57 Å². The Balaban J connectivity index is 2.43. The van der Waals surface area contributed by atoms with Crippen LogP contribution in [0.2, 0.25) is 0 Å². The molecule has 0 N–H and O–H groups in total. The molecular formula is C7H7N4. The smallest absolute Gasteiger partial charge is 0.113 e. The molecule has 0 fully saturated rings. The molecule has 1 aliphatic rings. The predicted octanol–water partition coefficient (Wildman–Crippen LogP) is 0.256. The Kier molecular flexibility index (Phi) is 1.25. The third-order valence-electron chi connectivity index (χ3n) is 1.54. The Morgan fingerprint density at radius 3 is 2.91 bits per heavy atom. The fourth-order valence-corrected chi connectivity index (χ4v) is 0.973. The highest BCUT2D eigenvalue weighted by Gasteiger charge is 2.07. The van der Waals surface area contributed by atoms with E-state index >= 15 is 0 Å². The maximum atomic E-state index is 3.97. The number of aryl methyl sites for hydroxylation is 1. The minimum Gasteiger partial charge on any atom is -0.332 e. The summed E-state index contributed by atoms with van der Waals surface area (Å²) in [5, 5.41) is 3.91. The summed E-state index contributed by atoms with van der Waals surface area (Å²) < 4.78 is 1.91. The lowest BCUT2D eigenvalue weighted by Crippen LogP contribution is -2.01. The van der Waals surface area contributed by atoms with Gasteiger partial charge in [0.15, 0.2) is 0 Å². The van der Waals surface area contributed by atoms with Crippen molar-refractivity contribution in [1.82, 2.24) is 15.0 Å². The summed E-state index contributed by atoms with van der Waals surface area (Å²) in [6.45, 7) is 0. The average molecular weight is 147 g/mol. The van der Waals surface area contributed by atoms with E-state index in [-0.39, 0.29) is 0 Å². The Morgan fingerprint density at radius 2 is 2.36 bits per heavy atom. The van der Waals surface area contributed by atoms with Crippen LogP contribution in [0.5, 0.6) is 0 Å². The van der Waals surface area contributed by atoms with E-state index < -0.39 is 0 Å². The van der Waals surface area contributed by atoms with Crippen molar-refractivity contribution in [1.29, 1.82) is 0 Å². The number of aromatic nitrogens is 2. The molecule has 1 aliphatic heterocycles. The van der Waals surface area contributed by atoms with Gasteiger partial charge in [0.25, 0.3) is 0 Å². The second-order valence-corrected chi connectivity index (χ2v) is 2.31. The lowest BCUT2D eigenvalue weighted by molar-refractivity contribution is 0.897. The standard InChI is InChI=1S/C7H7N4/c1-11-5-8-4-7(11)6-2-3-9-10-6/h2-5H,1H3. The molecule has 0 unspecified atom stereocenters. The fraction of sp³-hybridized carbons (Fsp3) is 0.143. The first-order valence-electron chi connectivity index (χ1n) is 3.29. The first-order chi connectivity index (χ1) is 5.38. The molecular weight excluding hydrogens is 140 g/mol. The quantitative estimate of drug-likeness (QED) is 0.561. The Labute approximate surface area is 64.2 Å². The number of imidazole rings is 1. The third-order valence-corrected chi connectivity index (χ3v) is 1.54. The zero-order valence-electron chi connectivity index (χ0n) is 6.10. The van der Waals surface area contributed by atoms with Crippen molar-refractivity contribution in [3.8, 4) is 0 Å². The van der Waals surface area contributed by atoms with Gasteiger partial charge in [-0.3, -0.25) is 0 Å². The summed E-state index contributed by atoms with van der Waals surface area (Å²) in [5.74, 6) is 0. The molecule has 2 heterocycles. The topological polar surface area (TPSA) is 44.3 Å². The van der Waals surface area contributed by atoms with E-state index in [1.807, 2.05) is 17.7 Å². The van der Waals surface area contributed by atoms with Crippen LogP contribution in [0.25, 0.3) is 0 Å². The van der Waals surface area contributed by atoms with Gasteiger partial charge >= 0.3 is 0 Å². The van der Waals surface area contributed by atoms with E-state index in [2.05, 4.69) is 15.5 Å². The van der Waals surface area contributed by atoms with Crippen molar-refractivity contribution in [3.63, 3.8) is 0 Å². The largest absolute Gasteiger partial charge is 0.332 e.